The van der Waals surface area contributed by atoms with E-state index in [4.69, 9.17) is 11.6 Å². The highest BCUT2D eigenvalue weighted by Gasteiger charge is 2.29. The molecule has 2 aliphatic rings. The molecule has 220 valence electrons. The van der Waals surface area contributed by atoms with Crippen LogP contribution in [0, 0.1) is 35.4 Å². The van der Waals surface area contributed by atoms with Gasteiger partial charge in [-0.15, -0.1) is 0 Å². The monoisotopic (exact) mass is 572 g/mol. The molecule has 7 nitrogen and oxygen atoms in total. The van der Waals surface area contributed by atoms with Gasteiger partial charge in [0.15, 0.2) is 11.6 Å². The van der Waals surface area contributed by atoms with Gasteiger partial charge in [0.25, 0.3) is 0 Å². The van der Waals surface area contributed by atoms with Crippen molar-refractivity contribution < 1.29 is 9.18 Å². The second kappa shape index (κ2) is 15.5. The molecule has 2 aliphatic carbocycles. The van der Waals surface area contributed by atoms with Crippen LogP contribution in [0.15, 0.2) is 30.5 Å². The largest absolute Gasteiger partial charge is 0.367 e. The van der Waals surface area contributed by atoms with Crippen molar-refractivity contribution in [2.75, 3.05) is 37.3 Å². The molecular formula is C31H46ClFN6O. The van der Waals surface area contributed by atoms with E-state index < -0.39 is 5.82 Å². The topological polar surface area (TPSA) is 91.0 Å². The summed E-state index contributed by atoms with van der Waals surface area (Å²) in [7, 11) is 1.73. The number of anilines is 2. The van der Waals surface area contributed by atoms with E-state index in [0.717, 1.165) is 50.8 Å². The zero-order valence-electron chi connectivity index (χ0n) is 24.0. The first-order chi connectivity index (χ1) is 19.4. The first kappa shape index (κ1) is 30.5. The van der Waals surface area contributed by atoms with E-state index in [-0.39, 0.29) is 17.6 Å². The van der Waals surface area contributed by atoms with Crippen LogP contribution in [0.4, 0.5) is 16.2 Å². The number of carbonyl (C=O) groups excluding carboxylic acids is 1. The second-order valence-corrected chi connectivity index (χ2v) is 12.2. The van der Waals surface area contributed by atoms with Crippen LogP contribution >= 0.6 is 11.6 Å². The van der Waals surface area contributed by atoms with E-state index in [1.807, 2.05) is 24.3 Å². The summed E-state index contributed by atoms with van der Waals surface area (Å²) in [5, 5.41) is 13.7. The molecule has 1 amide bonds. The van der Waals surface area contributed by atoms with Crippen molar-refractivity contribution in [1.82, 2.24) is 20.6 Å². The third-order valence-electron chi connectivity index (χ3n) is 8.72. The number of halogens is 2. The molecule has 4 rings (SSSR count). The van der Waals surface area contributed by atoms with E-state index in [9.17, 15) is 9.18 Å². The summed E-state index contributed by atoms with van der Waals surface area (Å²) in [6, 6.07) is 7.60. The predicted octanol–water partition coefficient (Wildman–Crippen LogP) is 6.27. The summed E-state index contributed by atoms with van der Waals surface area (Å²) in [5.74, 6) is 3.06. The molecule has 4 N–H and O–H groups in total. The molecule has 2 saturated carbocycles. The Balaban J connectivity index is 1.25. The average molecular weight is 573 g/mol. The van der Waals surface area contributed by atoms with E-state index in [0.29, 0.717) is 47.7 Å². The van der Waals surface area contributed by atoms with Crippen molar-refractivity contribution in [3.05, 3.63) is 46.9 Å². The first-order valence-corrected chi connectivity index (χ1v) is 15.5. The summed E-state index contributed by atoms with van der Waals surface area (Å²) >= 11 is 6.25. The Morgan fingerprint density at radius 2 is 1.68 bits per heavy atom. The van der Waals surface area contributed by atoms with Crippen LogP contribution in [0.5, 0.6) is 0 Å². The lowest BCUT2D eigenvalue weighted by molar-refractivity contribution is -0.125. The Morgan fingerprint density at radius 1 is 0.975 bits per heavy atom. The smallest absolute Gasteiger partial charge is 0.225 e. The molecule has 40 heavy (non-hydrogen) atoms. The Hall–Kier alpha value is -2.45. The SMILES string of the molecule is CCCC1C[C@@H](CNCC2CCC(C(=O)NC)CC2)C[C@H](CNc2nc(NCc3ccccc3Cl)ncc2F)C1. The summed E-state index contributed by atoms with van der Waals surface area (Å²) in [6.45, 7) is 5.50. The molecule has 0 spiro atoms. The van der Waals surface area contributed by atoms with Gasteiger partial charge in [-0.2, -0.15) is 4.98 Å². The lowest BCUT2D eigenvalue weighted by Gasteiger charge is -2.36. The Bertz CT molecular complexity index is 1080. The Kier molecular flexibility index (Phi) is 11.8. The number of aromatic nitrogens is 2. The van der Waals surface area contributed by atoms with Crippen LogP contribution in [-0.2, 0) is 11.3 Å². The number of rotatable bonds is 13. The van der Waals surface area contributed by atoms with Gasteiger partial charge in [-0.25, -0.2) is 9.37 Å². The van der Waals surface area contributed by atoms with Crippen LogP contribution in [0.2, 0.25) is 5.02 Å². The summed E-state index contributed by atoms with van der Waals surface area (Å²) < 4.78 is 14.6. The number of nitrogens with zero attached hydrogens (tertiary/aromatic N) is 2. The minimum atomic E-state index is -0.437. The van der Waals surface area contributed by atoms with Crippen molar-refractivity contribution in [2.45, 2.75) is 71.3 Å². The van der Waals surface area contributed by atoms with Crippen molar-refractivity contribution in [3.63, 3.8) is 0 Å². The summed E-state index contributed by atoms with van der Waals surface area (Å²) in [5.41, 5.74) is 0.937. The number of nitrogens with one attached hydrogen (secondary N) is 4. The number of hydrogen-bond donors (Lipinski definition) is 4. The minimum Gasteiger partial charge on any atom is -0.367 e. The fraction of sp³-hybridized carbons (Fsp3) is 0.645. The first-order valence-electron chi connectivity index (χ1n) is 15.1. The van der Waals surface area contributed by atoms with Gasteiger partial charge in [-0.1, -0.05) is 49.6 Å². The molecule has 0 radical (unpaired) electrons. The molecule has 9 heteroatoms. The van der Waals surface area contributed by atoms with Gasteiger partial charge in [-0.3, -0.25) is 4.79 Å². The van der Waals surface area contributed by atoms with Crippen LogP contribution < -0.4 is 21.3 Å². The van der Waals surface area contributed by atoms with Crippen LogP contribution in [-0.4, -0.2) is 42.6 Å². The fourth-order valence-corrected chi connectivity index (χ4v) is 6.84. The van der Waals surface area contributed by atoms with Gasteiger partial charge in [0.05, 0.1) is 6.20 Å². The lowest BCUT2D eigenvalue weighted by atomic mass is 9.73. The van der Waals surface area contributed by atoms with Crippen molar-refractivity contribution in [2.24, 2.45) is 29.6 Å². The van der Waals surface area contributed by atoms with Crippen molar-refractivity contribution in [1.29, 1.82) is 0 Å². The molecular weight excluding hydrogens is 527 g/mol. The molecule has 1 aromatic carbocycles. The highest BCUT2D eigenvalue weighted by atomic mass is 35.5. The molecule has 2 fully saturated rings. The predicted molar refractivity (Wildman–Crippen MR) is 161 cm³/mol. The maximum absolute atomic E-state index is 14.6. The standard InChI is InChI=1S/C31H46ClFN6O/c1-3-6-22-13-23(17-35-16-21-9-11-25(12-10-21)30(40)34-2)15-24(14-22)18-36-29-28(33)20-38-31(39-29)37-19-26-7-4-5-8-27(26)32/h4-5,7-8,20-25,35H,3,6,9-19H2,1-2H3,(H,34,40)(H2,36,37,38,39)/t21?,22?,23-,24-,25?/m1/s1. The van der Waals surface area contributed by atoms with Crippen molar-refractivity contribution in [3.8, 4) is 0 Å². The summed E-state index contributed by atoms with van der Waals surface area (Å²) in [4.78, 5) is 20.4. The average Bonchev–Trinajstić information content (AvgIpc) is 2.97. The Labute approximate surface area is 243 Å². The lowest BCUT2D eigenvalue weighted by Crippen LogP contribution is -2.36. The normalized spacial score (nSPS) is 24.9. The van der Waals surface area contributed by atoms with Crippen LogP contribution in [0.25, 0.3) is 0 Å². The highest BCUT2D eigenvalue weighted by Crippen LogP contribution is 2.36. The summed E-state index contributed by atoms with van der Waals surface area (Å²) in [6.07, 6.45) is 11.5. The van der Waals surface area contributed by atoms with Gasteiger partial charge >= 0.3 is 0 Å². The molecule has 3 atom stereocenters. The van der Waals surface area contributed by atoms with Gasteiger partial charge in [0.1, 0.15) is 0 Å². The third-order valence-corrected chi connectivity index (χ3v) is 9.09. The highest BCUT2D eigenvalue weighted by molar-refractivity contribution is 6.31. The molecule has 0 aliphatic heterocycles. The fourth-order valence-electron chi connectivity index (χ4n) is 6.64. The zero-order valence-corrected chi connectivity index (χ0v) is 24.8. The van der Waals surface area contributed by atoms with Crippen molar-refractivity contribution >= 4 is 29.3 Å². The molecule has 1 aromatic heterocycles. The van der Waals surface area contributed by atoms with E-state index in [1.165, 1.54) is 31.9 Å². The molecule has 1 heterocycles. The second-order valence-electron chi connectivity index (χ2n) is 11.8. The van der Waals surface area contributed by atoms with E-state index >= 15 is 0 Å². The Morgan fingerprint density at radius 3 is 2.40 bits per heavy atom. The number of hydrogen-bond acceptors (Lipinski definition) is 6. The molecule has 0 saturated heterocycles. The van der Waals surface area contributed by atoms with E-state index in [1.54, 1.807) is 7.05 Å². The molecule has 1 unspecified atom stereocenters. The van der Waals surface area contributed by atoms with Crippen LogP contribution in [0.3, 0.4) is 0 Å². The van der Waals surface area contributed by atoms with Gasteiger partial charge < -0.3 is 21.3 Å². The third kappa shape index (κ3) is 9.03. The number of carbonyl (C=O) groups is 1. The molecule has 0 bridgehead atoms. The van der Waals surface area contributed by atoms with Crippen LogP contribution in [0.1, 0.15) is 70.3 Å². The maximum atomic E-state index is 14.6. The van der Waals surface area contributed by atoms with Gasteiger partial charge in [-0.05, 0) is 93.3 Å². The van der Waals surface area contributed by atoms with Gasteiger partial charge in [0.2, 0.25) is 11.9 Å². The quantitative estimate of drug-likeness (QED) is 0.226. The number of benzene rings is 1. The van der Waals surface area contributed by atoms with E-state index in [2.05, 4.69) is 38.2 Å². The maximum Gasteiger partial charge on any atom is 0.225 e. The minimum absolute atomic E-state index is 0.191. The van der Waals surface area contributed by atoms with Gasteiger partial charge in [0, 0.05) is 31.1 Å². The number of amides is 1. The molecule has 2 aromatic rings. The zero-order chi connectivity index (χ0) is 28.3.